The van der Waals surface area contributed by atoms with Gasteiger partial charge >= 0.3 is 0 Å². The fourth-order valence-electron chi connectivity index (χ4n) is 2.64. The second-order valence-corrected chi connectivity index (χ2v) is 7.41. The minimum absolute atomic E-state index is 0.201. The lowest BCUT2D eigenvalue weighted by atomic mass is 9.73. The van der Waals surface area contributed by atoms with E-state index in [1.54, 1.807) is 0 Å². The SMILES string of the molecule is CCCSC(C)CC(O)C1=CCCCC1(C)C. The average molecular weight is 256 g/mol. The molecule has 0 aromatic rings. The van der Waals surface area contributed by atoms with E-state index in [1.807, 2.05) is 11.8 Å². The summed E-state index contributed by atoms with van der Waals surface area (Å²) in [7, 11) is 0. The lowest BCUT2D eigenvalue weighted by Gasteiger charge is -2.35. The van der Waals surface area contributed by atoms with Gasteiger partial charge in [0.15, 0.2) is 0 Å². The summed E-state index contributed by atoms with van der Waals surface area (Å²) >= 11 is 1.98. The molecule has 1 aliphatic carbocycles. The van der Waals surface area contributed by atoms with Gasteiger partial charge in [-0.2, -0.15) is 11.8 Å². The zero-order valence-electron chi connectivity index (χ0n) is 11.8. The van der Waals surface area contributed by atoms with Gasteiger partial charge in [-0.25, -0.2) is 0 Å². The van der Waals surface area contributed by atoms with Gasteiger partial charge in [0.2, 0.25) is 0 Å². The molecule has 0 heterocycles. The van der Waals surface area contributed by atoms with Gasteiger partial charge in [0.1, 0.15) is 0 Å². The van der Waals surface area contributed by atoms with Gasteiger partial charge in [-0.05, 0) is 48.8 Å². The van der Waals surface area contributed by atoms with Gasteiger partial charge < -0.3 is 5.11 Å². The Kier molecular flexibility index (Phi) is 6.08. The van der Waals surface area contributed by atoms with Crippen LogP contribution in [0.4, 0.5) is 0 Å². The van der Waals surface area contributed by atoms with Gasteiger partial charge in [0.25, 0.3) is 0 Å². The van der Waals surface area contributed by atoms with E-state index >= 15 is 0 Å². The van der Waals surface area contributed by atoms with Crippen LogP contribution in [-0.2, 0) is 0 Å². The molecule has 0 aliphatic heterocycles. The van der Waals surface area contributed by atoms with Crippen molar-refractivity contribution in [2.45, 2.75) is 71.2 Å². The minimum atomic E-state index is -0.232. The van der Waals surface area contributed by atoms with Crippen molar-refractivity contribution in [3.05, 3.63) is 11.6 Å². The normalized spacial score (nSPS) is 23.0. The van der Waals surface area contributed by atoms with Crippen molar-refractivity contribution >= 4 is 11.8 Å². The first-order valence-electron chi connectivity index (χ1n) is 6.97. The molecule has 0 spiro atoms. The number of aliphatic hydroxyl groups is 1. The monoisotopic (exact) mass is 256 g/mol. The van der Waals surface area contributed by atoms with Gasteiger partial charge in [-0.15, -0.1) is 0 Å². The highest BCUT2D eigenvalue weighted by atomic mass is 32.2. The molecule has 0 saturated heterocycles. The summed E-state index contributed by atoms with van der Waals surface area (Å²) in [5, 5.41) is 11.0. The maximum Gasteiger partial charge on any atom is 0.0765 e. The second kappa shape index (κ2) is 6.84. The van der Waals surface area contributed by atoms with Crippen molar-refractivity contribution in [2.24, 2.45) is 5.41 Å². The smallest absolute Gasteiger partial charge is 0.0765 e. The molecule has 0 aromatic carbocycles. The minimum Gasteiger partial charge on any atom is -0.389 e. The van der Waals surface area contributed by atoms with Crippen molar-refractivity contribution in [3.63, 3.8) is 0 Å². The topological polar surface area (TPSA) is 20.2 Å². The zero-order chi connectivity index (χ0) is 12.9. The van der Waals surface area contributed by atoms with Crippen LogP contribution in [0, 0.1) is 5.41 Å². The fraction of sp³-hybridized carbons (Fsp3) is 0.867. The Labute approximate surface area is 111 Å². The second-order valence-electron chi connectivity index (χ2n) is 5.87. The molecule has 0 fully saturated rings. The van der Waals surface area contributed by atoms with E-state index in [0.717, 1.165) is 12.8 Å². The summed E-state index contributed by atoms with van der Waals surface area (Å²) in [4.78, 5) is 0. The summed E-state index contributed by atoms with van der Waals surface area (Å²) in [5.41, 5.74) is 1.49. The van der Waals surface area contributed by atoms with Gasteiger partial charge in [-0.3, -0.25) is 0 Å². The highest BCUT2D eigenvalue weighted by Gasteiger charge is 2.30. The number of hydrogen-bond donors (Lipinski definition) is 1. The van der Waals surface area contributed by atoms with E-state index in [-0.39, 0.29) is 11.5 Å². The van der Waals surface area contributed by atoms with Crippen molar-refractivity contribution < 1.29 is 5.11 Å². The molecule has 0 bridgehead atoms. The van der Waals surface area contributed by atoms with Crippen molar-refractivity contribution in [3.8, 4) is 0 Å². The molecule has 2 atom stereocenters. The van der Waals surface area contributed by atoms with Crippen LogP contribution in [-0.4, -0.2) is 22.2 Å². The first kappa shape index (κ1) is 15.1. The Hall–Kier alpha value is 0.0500. The summed E-state index contributed by atoms with van der Waals surface area (Å²) in [6.45, 7) is 8.99. The molecule has 0 saturated carbocycles. The van der Waals surface area contributed by atoms with Crippen LogP contribution < -0.4 is 0 Å². The molecule has 2 heteroatoms. The Morgan fingerprint density at radius 1 is 1.47 bits per heavy atom. The Morgan fingerprint density at radius 2 is 2.18 bits per heavy atom. The maximum atomic E-state index is 10.4. The third-order valence-corrected chi connectivity index (χ3v) is 5.08. The van der Waals surface area contributed by atoms with Crippen LogP contribution in [0.25, 0.3) is 0 Å². The largest absolute Gasteiger partial charge is 0.389 e. The predicted octanol–water partition coefficient (Wildman–Crippen LogP) is 4.41. The molecule has 2 unspecified atom stereocenters. The lowest BCUT2D eigenvalue weighted by molar-refractivity contribution is 0.163. The van der Waals surface area contributed by atoms with Crippen LogP contribution in [0.5, 0.6) is 0 Å². The van der Waals surface area contributed by atoms with Gasteiger partial charge in [0, 0.05) is 5.25 Å². The number of thioether (sulfide) groups is 1. The number of aliphatic hydroxyl groups excluding tert-OH is 1. The Morgan fingerprint density at radius 3 is 2.76 bits per heavy atom. The van der Waals surface area contributed by atoms with Crippen molar-refractivity contribution in [1.82, 2.24) is 0 Å². The van der Waals surface area contributed by atoms with E-state index in [9.17, 15) is 5.11 Å². The first-order chi connectivity index (χ1) is 7.97. The predicted molar refractivity (Wildman–Crippen MR) is 78.5 cm³/mol. The quantitative estimate of drug-likeness (QED) is 0.711. The molecular weight excluding hydrogens is 228 g/mol. The third-order valence-electron chi connectivity index (χ3n) is 3.67. The summed E-state index contributed by atoms with van der Waals surface area (Å²) < 4.78 is 0. The maximum absolute atomic E-state index is 10.4. The average Bonchev–Trinajstić information content (AvgIpc) is 2.25. The van der Waals surface area contributed by atoms with E-state index in [2.05, 4.69) is 33.8 Å². The molecule has 1 rings (SSSR count). The summed E-state index contributed by atoms with van der Waals surface area (Å²) in [6.07, 6.45) is 7.80. The van der Waals surface area contributed by atoms with Crippen molar-refractivity contribution in [2.75, 3.05) is 5.75 Å². The number of rotatable bonds is 6. The number of hydrogen-bond acceptors (Lipinski definition) is 2. The van der Waals surface area contributed by atoms with Gasteiger partial charge in [0.05, 0.1) is 6.10 Å². The molecule has 0 amide bonds. The highest BCUT2D eigenvalue weighted by molar-refractivity contribution is 7.99. The van der Waals surface area contributed by atoms with Crippen LogP contribution in [0.1, 0.15) is 59.8 Å². The highest BCUT2D eigenvalue weighted by Crippen LogP contribution is 2.39. The molecule has 1 N–H and O–H groups in total. The standard InChI is InChI=1S/C15H28OS/c1-5-10-17-12(2)11-14(16)13-8-6-7-9-15(13,3)4/h8,12,14,16H,5-7,9-11H2,1-4H3. The van der Waals surface area contributed by atoms with E-state index < -0.39 is 0 Å². The molecule has 0 radical (unpaired) electrons. The Balaban J connectivity index is 2.51. The van der Waals surface area contributed by atoms with Crippen LogP contribution >= 0.6 is 11.8 Å². The number of allylic oxidation sites excluding steroid dienone is 1. The summed E-state index contributed by atoms with van der Waals surface area (Å²) in [5.74, 6) is 1.20. The van der Waals surface area contributed by atoms with Crippen LogP contribution in [0.3, 0.4) is 0 Å². The molecule has 17 heavy (non-hydrogen) atoms. The van der Waals surface area contributed by atoms with E-state index in [0.29, 0.717) is 5.25 Å². The summed E-state index contributed by atoms with van der Waals surface area (Å²) in [6, 6.07) is 0. The van der Waals surface area contributed by atoms with E-state index in [1.165, 1.54) is 30.6 Å². The Bertz CT molecular complexity index is 258. The van der Waals surface area contributed by atoms with Crippen LogP contribution in [0.15, 0.2) is 11.6 Å². The molecule has 0 aromatic heterocycles. The molecular formula is C15H28OS. The lowest BCUT2D eigenvalue weighted by Crippen LogP contribution is -2.29. The molecule has 100 valence electrons. The van der Waals surface area contributed by atoms with Crippen LogP contribution in [0.2, 0.25) is 0 Å². The van der Waals surface area contributed by atoms with Gasteiger partial charge in [-0.1, -0.05) is 33.8 Å². The van der Waals surface area contributed by atoms with E-state index in [4.69, 9.17) is 0 Å². The first-order valence-corrected chi connectivity index (χ1v) is 8.02. The molecule has 1 aliphatic rings. The third kappa shape index (κ3) is 4.67. The van der Waals surface area contributed by atoms with Crippen molar-refractivity contribution in [1.29, 1.82) is 0 Å². The molecule has 1 nitrogen and oxygen atoms in total. The fourth-order valence-corrected chi connectivity index (χ4v) is 3.59. The zero-order valence-corrected chi connectivity index (χ0v) is 12.6.